The molecule has 0 aliphatic rings. The van der Waals surface area contributed by atoms with Crippen molar-refractivity contribution in [2.24, 2.45) is 0 Å². The second kappa shape index (κ2) is 13.6. The van der Waals surface area contributed by atoms with E-state index in [1.165, 1.54) is 57.8 Å². The molecule has 0 amide bonds. The van der Waals surface area contributed by atoms with Crippen LogP contribution in [0.4, 0.5) is 0 Å². The number of unbranched alkanes of at least 4 members (excludes halogenated alkanes) is 10. The van der Waals surface area contributed by atoms with Crippen molar-refractivity contribution in [2.75, 3.05) is 6.61 Å². The third-order valence-electron chi connectivity index (χ3n) is 4.17. The molecule has 0 unspecified atom stereocenters. The van der Waals surface area contributed by atoms with Crippen molar-refractivity contribution in [3.63, 3.8) is 0 Å². The first-order valence-electron chi connectivity index (χ1n) is 9.31. The van der Waals surface area contributed by atoms with Crippen LogP contribution in [0.2, 0.25) is 0 Å². The first-order valence-corrected chi connectivity index (χ1v) is 9.31. The second-order valence-electron chi connectivity index (χ2n) is 6.29. The third-order valence-corrected chi connectivity index (χ3v) is 4.17. The molecule has 0 radical (unpaired) electrons. The standard InChI is InChI=1S/C21H32O3/c1-2-3-4-5-6-7-8-9-10-11-12-13-18-24-20-16-14-19(15-17-20)21(22)23/h2,14-17H,1,3-13,18H2,(H,22,23). The molecule has 3 heteroatoms. The van der Waals surface area contributed by atoms with Crippen molar-refractivity contribution in [3.8, 4) is 5.75 Å². The van der Waals surface area contributed by atoms with E-state index in [9.17, 15) is 4.79 Å². The monoisotopic (exact) mass is 332 g/mol. The van der Waals surface area contributed by atoms with Gasteiger partial charge in [-0.1, -0.05) is 57.4 Å². The van der Waals surface area contributed by atoms with Crippen LogP contribution in [-0.4, -0.2) is 17.7 Å². The minimum Gasteiger partial charge on any atom is -0.494 e. The van der Waals surface area contributed by atoms with Gasteiger partial charge in [-0.15, -0.1) is 6.58 Å². The van der Waals surface area contributed by atoms with E-state index in [1.54, 1.807) is 24.3 Å². The number of carboxylic acids is 1. The van der Waals surface area contributed by atoms with Gasteiger partial charge in [0.05, 0.1) is 12.2 Å². The summed E-state index contributed by atoms with van der Waals surface area (Å²) < 4.78 is 5.63. The average molecular weight is 332 g/mol. The van der Waals surface area contributed by atoms with E-state index in [0.29, 0.717) is 12.2 Å². The first kappa shape index (κ1) is 20.3. The highest BCUT2D eigenvalue weighted by molar-refractivity contribution is 5.87. The largest absolute Gasteiger partial charge is 0.494 e. The van der Waals surface area contributed by atoms with E-state index in [4.69, 9.17) is 9.84 Å². The minimum atomic E-state index is -0.904. The summed E-state index contributed by atoms with van der Waals surface area (Å²) in [4.78, 5) is 10.8. The summed E-state index contributed by atoms with van der Waals surface area (Å²) >= 11 is 0. The van der Waals surface area contributed by atoms with Crippen LogP contribution >= 0.6 is 0 Å². The maximum absolute atomic E-state index is 10.8. The van der Waals surface area contributed by atoms with Gasteiger partial charge in [0.1, 0.15) is 5.75 Å². The van der Waals surface area contributed by atoms with Crippen LogP contribution < -0.4 is 4.74 Å². The maximum atomic E-state index is 10.8. The Kier molecular flexibility index (Phi) is 11.5. The first-order chi connectivity index (χ1) is 11.7. The molecule has 0 aliphatic heterocycles. The zero-order valence-corrected chi connectivity index (χ0v) is 14.8. The highest BCUT2D eigenvalue weighted by Crippen LogP contribution is 2.14. The summed E-state index contributed by atoms with van der Waals surface area (Å²) in [6, 6.07) is 6.60. The van der Waals surface area contributed by atoms with Crippen LogP contribution in [-0.2, 0) is 0 Å². The smallest absolute Gasteiger partial charge is 0.335 e. The van der Waals surface area contributed by atoms with E-state index < -0.39 is 5.97 Å². The van der Waals surface area contributed by atoms with Gasteiger partial charge in [0.25, 0.3) is 0 Å². The second-order valence-corrected chi connectivity index (χ2v) is 6.29. The van der Waals surface area contributed by atoms with E-state index in [-0.39, 0.29) is 0 Å². The van der Waals surface area contributed by atoms with Crippen molar-refractivity contribution in [2.45, 2.75) is 70.6 Å². The van der Waals surface area contributed by atoms with Crippen LogP contribution in [0.1, 0.15) is 81.0 Å². The Balaban J connectivity index is 1.88. The van der Waals surface area contributed by atoms with E-state index in [1.807, 2.05) is 6.08 Å². The van der Waals surface area contributed by atoms with Crippen LogP contribution in [0.25, 0.3) is 0 Å². The number of rotatable bonds is 15. The Morgan fingerprint density at radius 1 is 0.875 bits per heavy atom. The minimum absolute atomic E-state index is 0.294. The molecule has 1 N–H and O–H groups in total. The lowest BCUT2D eigenvalue weighted by molar-refractivity contribution is 0.0697. The lowest BCUT2D eigenvalue weighted by Crippen LogP contribution is -1.99. The molecule has 0 saturated heterocycles. The number of allylic oxidation sites excluding steroid dienone is 1. The number of carboxylic acid groups (broad SMARTS) is 1. The molecule has 0 saturated carbocycles. The molecule has 0 bridgehead atoms. The fourth-order valence-electron chi connectivity index (χ4n) is 2.69. The van der Waals surface area contributed by atoms with E-state index in [2.05, 4.69) is 6.58 Å². The lowest BCUT2D eigenvalue weighted by Gasteiger charge is -2.06. The molecular weight excluding hydrogens is 300 g/mol. The molecule has 134 valence electrons. The fourth-order valence-corrected chi connectivity index (χ4v) is 2.69. The Bertz CT molecular complexity index is 451. The van der Waals surface area contributed by atoms with Gasteiger partial charge >= 0.3 is 5.97 Å². The summed E-state index contributed by atoms with van der Waals surface area (Å²) in [6.07, 6.45) is 16.1. The summed E-state index contributed by atoms with van der Waals surface area (Å²) in [5.41, 5.74) is 0.294. The van der Waals surface area contributed by atoms with Gasteiger partial charge in [-0.05, 0) is 43.5 Å². The average Bonchev–Trinajstić information content (AvgIpc) is 2.59. The molecule has 3 nitrogen and oxygen atoms in total. The molecule has 0 heterocycles. The topological polar surface area (TPSA) is 46.5 Å². The molecule has 1 rings (SSSR count). The van der Waals surface area contributed by atoms with E-state index >= 15 is 0 Å². The maximum Gasteiger partial charge on any atom is 0.335 e. The van der Waals surface area contributed by atoms with Gasteiger partial charge in [0.15, 0.2) is 0 Å². The number of aromatic carboxylic acids is 1. The SMILES string of the molecule is C=CCCCCCCCCCCCCOc1ccc(C(=O)O)cc1. The molecular formula is C21H32O3. The molecule has 0 aromatic heterocycles. The Hall–Kier alpha value is -1.77. The van der Waals surface area contributed by atoms with Crippen molar-refractivity contribution in [1.29, 1.82) is 0 Å². The fraction of sp³-hybridized carbons (Fsp3) is 0.571. The molecule has 0 fully saturated rings. The van der Waals surface area contributed by atoms with Crippen LogP contribution in [0.15, 0.2) is 36.9 Å². The third kappa shape index (κ3) is 10.1. The highest BCUT2D eigenvalue weighted by Gasteiger charge is 2.01. The lowest BCUT2D eigenvalue weighted by atomic mass is 10.1. The Labute approximate surface area is 146 Å². The van der Waals surface area contributed by atoms with Gasteiger partial charge in [-0.2, -0.15) is 0 Å². The Morgan fingerprint density at radius 2 is 1.38 bits per heavy atom. The molecule has 24 heavy (non-hydrogen) atoms. The van der Waals surface area contributed by atoms with Crippen molar-refractivity contribution in [3.05, 3.63) is 42.5 Å². The molecule has 1 aromatic rings. The predicted molar refractivity (Wildman–Crippen MR) is 99.9 cm³/mol. The number of benzene rings is 1. The molecule has 1 aromatic carbocycles. The van der Waals surface area contributed by atoms with Gasteiger partial charge in [-0.3, -0.25) is 0 Å². The highest BCUT2D eigenvalue weighted by atomic mass is 16.5. The summed E-state index contributed by atoms with van der Waals surface area (Å²) in [5, 5.41) is 8.83. The van der Waals surface area contributed by atoms with Gasteiger partial charge in [0.2, 0.25) is 0 Å². The number of carbonyl (C=O) groups is 1. The van der Waals surface area contributed by atoms with E-state index in [0.717, 1.165) is 18.6 Å². The summed E-state index contributed by atoms with van der Waals surface area (Å²) in [5.74, 6) is -0.158. The normalized spacial score (nSPS) is 10.5. The molecule has 0 atom stereocenters. The summed E-state index contributed by atoms with van der Waals surface area (Å²) in [6.45, 7) is 4.45. The molecule has 0 aliphatic carbocycles. The Morgan fingerprint density at radius 3 is 1.88 bits per heavy atom. The van der Waals surface area contributed by atoms with Crippen molar-refractivity contribution >= 4 is 5.97 Å². The van der Waals surface area contributed by atoms with Crippen molar-refractivity contribution in [1.82, 2.24) is 0 Å². The van der Waals surface area contributed by atoms with Crippen LogP contribution in [0.3, 0.4) is 0 Å². The predicted octanol–water partition coefficient (Wildman–Crippen LogP) is 6.24. The van der Waals surface area contributed by atoms with Crippen LogP contribution in [0, 0.1) is 0 Å². The molecule has 0 spiro atoms. The number of hydrogen-bond acceptors (Lipinski definition) is 2. The quantitative estimate of drug-likeness (QED) is 0.305. The van der Waals surface area contributed by atoms with Gasteiger partial charge in [0, 0.05) is 0 Å². The van der Waals surface area contributed by atoms with Gasteiger partial charge in [-0.25, -0.2) is 4.79 Å². The van der Waals surface area contributed by atoms with Crippen molar-refractivity contribution < 1.29 is 14.6 Å². The summed E-state index contributed by atoms with van der Waals surface area (Å²) in [7, 11) is 0. The number of hydrogen-bond donors (Lipinski definition) is 1. The van der Waals surface area contributed by atoms with Gasteiger partial charge < -0.3 is 9.84 Å². The number of ether oxygens (including phenoxy) is 1. The van der Waals surface area contributed by atoms with Crippen LogP contribution in [0.5, 0.6) is 5.75 Å². The zero-order valence-electron chi connectivity index (χ0n) is 14.8. The zero-order chi connectivity index (χ0) is 17.5.